The SMILES string of the molecule is CC(C)(C)NCC(O)c1cccc(C(F)(F)F)c1. The number of hydrogen-bond acceptors (Lipinski definition) is 2. The Labute approximate surface area is 105 Å². The van der Waals surface area contributed by atoms with Crippen LogP contribution in [0, 0.1) is 0 Å². The van der Waals surface area contributed by atoms with Crippen molar-refractivity contribution in [1.29, 1.82) is 0 Å². The molecular formula is C13H18F3NO. The highest BCUT2D eigenvalue weighted by Gasteiger charge is 2.30. The molecule has 0 aliphatic carbocycles. The van der Waals surface area contributed by atoms with Crippen LogP contribution in [0.1, 0.15) is 38.0 Å². The first-order valence-electron chi connectivity index (χ1n) is 5.70. The summed E-state index contributed by atoms with van der Waals surface area (Å²) in [5.41, 5.74) is -0.667. The van der Waals surface area contributed by atoms with E-state index in [1.807, 2.05) is 20.8 Å². The van der Waals surface area contributed by atoms with Gasteiger partial charge in [0.15, 0.2) is 0 Å². The third-order valence-electron chi connectivity index (χ3n) is 2.42. The number of β-amino-alcohol motifs (C(OH)–C–C–N with tert-alkyl or cyclic N) is 1. The number of aliphatic hydroxyl groups is 1. The standard InChI is InChI=1S/C13H18F3NO/c1-12(2,3)17-8-11(18)9-5-4-6-10(7-9)13(14,15)16/h4-7,11,17-18H,8H2,1-3H3. The third-order valence-corrected chi connectivity index (χ3v) is 2.42. The van der Waals surface area contributed by atoms with Gasteiger partial charge in [-0.1, -0.05) is 12.1 Å². The van der Waals surface area contributed by atoms with Gasteiger partial charge in [-0.2, -0.15) is 13.2 Å². The van der Waals surface area contributed by atoms with Crippen molar-refractivity contribution in [3.8, 4) is 0 Å². The summed E-state index contributed by atoms with van der Waals surface area (Å²) >= 11 is 0. The first-order valence-corrected chi connectivity index (χ1v) is 5.70. The van der Waals surface area contributed by atoms with Crippen LogP contribution < -0.4 is 5.32 Å². The van der Waals surface area contributed by atoms with Gasteiger partial charge in [0.2, 0.25) is 0 Å². The lowest BCUT2D eigenvalue weighted by Crippen LogP contribution is -2.38. The monoisotopic (exact) mass is 261 g/mol. The maximum Gasteiger partial charge on any atom is 0.416 e. The molecule has 1 aromatic carbocycles. The van der Waals surface area contributed by atoms with Gasteiger partial charge in [0, 0.05) is 12.1 Å². The van der Waals surface area contributed by atoms with Crippen molar-refractivity contribution in [3.63, 3.8) is 0 Å². The van der Waals surface area contributed by atoms with E-state index in [9.17, 15) is 18.3 Å². The molecule has 0 aliphatic heterocycles. The summed E-state index contributed by atoms with van der Waals surface area (Å²) in [5, 5.41) is 12.9. The van der Waals surface area contributed by atoms with Crippen LogP contribution >= 0.6 is 0 Å². The predicted octanol–water partition coefficient (Wildman–Crippen LogP) is 3.13. The van der Waals surface area contributed by atoms with Crippen molar-refractivity contribution < 1.29 is 18.3 Å². The van der Waals surface area contributed by atoms with E-state index < -0.39 is 17.8 Å². The maximum absolute atomic E-state index is 12.5. The number of aliphatic hydroxyl groups excluding tert-OH is 1. The van der Waals surface area contributed by atoms with E-state index in [1.54, 1.807) is 0 Å². The fraction of sp³-hybridized carbons (Fsp3) is 0.538. The minimum atomic E-state index is -4.38. The van der Waals surface area contributed by atoms with Crippen molar-refractivity contribution >= 4 is 0 Å². The predicted molar refractivity (Wildman–Crippen MR) is 64.2 cm³/mol. The molecule has 102 valence electrons. The van der Waals surface area contributed by atoms with Gasteiger partial charge in [-0.05, 0) is 38.5 Å². The highest BCUT2D eigenvalue weighted by atomic mass is 19.4. The zero-order valence-corrected chi connectivity index (χ0v) is 10.7. The average Bonchev–Trinajstić information content (AvgIpc) is 2.24. The Morgan fingerprint density at radius 1 is 1.22 bits per heavy atom. The van der Waals surface area contributed by atoms with Gasteiger partial charge >= 0.3 is 6.18 Å². The number of nitrogens with one attached hydrogen (secondary N) is 1. The summed E-state index contributed by atoms with van der Waals surface area (Å²) in [6, 6.07) is 4.77. The fourth-order valence-electron chi connectivity index (χ4n) is 1.44. The Balaban J connectivity index is 2.78. The van der Waals surface area contributed by atoms with E-state index in [-0.39, 0.29) is 17.6 Å². The van der Waals surface area contributed by atoms with Gasteiger partial charge in [-0.3, -0.25) is 0 Å². The number of rotatable bonds is 3. The van der Waals surface area contributed by atoms with Crippen molar-refractivity contribution in [3.05, 3.63) is 35.4 Å². The molecule has 0 bridgehead atoms. The number of benzene rings is 1. The van der Waals surface area contributed by atoms with Crippen LogP contribution in [0.15, 0.2) is 24.3 Å². The molecule has 0 amide bonds. The highest BCUT2D eigenvalue weighted by molar-refractivity contribution is 5.27. The summed E-state index contributed by atoms with van der Waals surface area (Å²) in [6.45, 7) is 5.98. The lowest BCUT2D eigenvalue weighted by Gasteiger charge is -2.23. The first kappa shape index (κ1) is 15.0. The number of alkyl halides is 3. The third kappa shape index (κ3) is 4.66. The van der Waals surface area contributed by atoms with Crippen LogP contribution in [0.5, 0.6) is 0 Å². The van der Waals surface area contributed by atoms with E-state index in [2.05, 4.69) is 5.32 Å². The molecule has 0 spiro atoms. The Bertz CT molecular complexity index is 396. The van der Waals surface area contributed by atoms with Crippen LogP contribution in [0.3, 0.4) is 0 Å². The molecule has 0 fully saturated rings. The van der Waals surface area contributed by atoms with Crippen molar-refractivity contribution in [2.45, 2.75) is 38.6 Å². The average molecular weight is 261 g/mol. The Morgan fingerprint density at radius 2 is 1.83 bits per heavy atom. The van der Waals surface area contributed by atoms with Crippen LogP contribution in [-0.2, 0) is 6.18 Å². The molecule has 1 aromatic rings. The Hall–Kier alpha value is -1.07. The van der Waals surface area contributed by atoms with Gasteiger partial charge in [-0.15, -0.1) is 0 Å². The van der Waals surface area contributed by atoms with E-state index in [0.717, 1.165) is 12.1 Å². The van der Waals surface area contributed by atoms with E-state index >= 15 is 0 Å². The van der Waals surface area contributed by atoms with Crippen LogP contribution in [0.2, 0.25) is 0 Å². The molecule has 0 aromatic heterocycles. The highest BCUT2D eigenvalue weighted by Crippen LogP contribution is 2.30. The molecule has 5 heteroatoms. The molecule has 1 rings (SSSR count). The minimum Gasteiger partial charge on any atom is -0.387 e. The summed E-state index contributed by atoms with van der Waals surface area (Å²) in [7, 11) is 0. The topological polar surface area (TPSA) is 32.3 Å². The fourth-order valence-corrected chi connectivity index (χ4v) is 1.44. The second-order valence-electron chi connectivity index (χ2n) is 5.27. The minimum absolute atomic E-state index is 0.192. The second kappa shape index (κ2) is 5.28. The normalized spacial score (nSPS) is 14.6. The molecule has 0 radical (unpaired) electrons. The number of hydrogen-bond donors (Lipinski definition) is 2. The van der Waals surface area contributed by atoms with Gasteiger partial charge < -0.3 is 10.4 Å². The molecule has 1 atom stereocenters. The van der Waals surface area contributed by atoms with Crippen LogP contribution in [-0.4, -0.2) is 17.2 Å². The van der Waals surface area contributed by atoms with E-state index in [1.165, 1.54) is 12.1 Å². The van der Waals surface area contributed by atoms with Gasteiger partial charge in [0.05, 0.1) is 11.7 Å². The van der Waals surface area contributed by atoms with Gasteiger partial charge in [-0.25, -0.2) is 0 Å². The van der Waals surface area contributed by atoms with Crippen molar-refractivity contribution in [1.82, 2.24) is 5.32 Å². The lowest BCUT2D eigenvalue weighted by atomic mass is 10.0. The number of halogens is 3. The molecular weight excluding hydrogens is 243 g/mol. The smallest absolute Gasteiger partial charge is 0.387 e. The molecule has 18 heavy (non-hydrogen) atoms. The molecule has 0 aliphatic rings. The summed E-state index contributed by atoms with van der Waals surface area (Å²) < 4.78 is 37.5. The van der Waals surface area contributed by atoms with Crippen LogP contribution in [0.25, 0.3) is 0 Å². The molecule has 0 saturated heterocycles. The Kier molecular flexibility index (Phi) is 4.40. The quantitative estimate of drug-likeness (QED) is 0.876. The lowest BCUT2D eigenvalue weighted by molar-refractivity contribution is -0.137. The second-order valence-corrected chi connectivity index (χ2v) is 5.27. The first-order chi connectivity index (χ1) is 8.09. The summed E-state index contributed by atoms with van der Waals surface area (Å²) in [4.78, 5) is 0. The maximum atomic E-state index is 12.5. The molecule has 2 nitrogen and oxygen atoms in total. The zero-order chi connectivity index (χ0) is 14.0. The summed E-state index contributed by atoms with van der Waals surface area (Å²) in [5.74, 6) is 0. The molecule has 1 unspecified atom stereocenters. The van der Waals surface area contributed by atoms with E-state index in [0.29, 0.717) is 0 Å². The molecule has 0 heterocycles. The van der Waals surface area contributed by atoms with Crippen LogP contribution in [0.4, 0.5) is 13.2 Å². The van der Waals surface area contributed by atoms with Crippen molar-refractivity contribution in [2.75, 3.05) is 6.54 Å². The summed E-state index contributed by atoms with van der Waals surface area (Å²) in [6.07, 6.45) is -5.33. The largest absolute Gasteiger partial charge is 0.416 e. The van der Waals surface area contributed by atoms with E-state index in [4.69, 9.17) is 0 Å². The van der Waals surface area contributed by atoms with Gasteiger partial charge in [0.25, 0.3) is 0 Å². The van der Waals surface area contributed by atoms with Gasteiger partial charge in [0.1, 0.15) is 0 Å². The Morgan fingerprint density at radius 3 is 2.33 bits per heavy atom. The molecule has 0 saturated carbocycles. The molecule has 2 N–H and O–H groups in total. The zero-order valence-electron chi connectivity index (χ0n) is 10.7. The van der Waals surface area contributed by atoms with Crippen molar-refractivity contribution in [2.24, 2.45) is 0 Å².